The fourth-order valence-electron chi connectivity index (χ4n) is 4.01. The van der Waals surface area contributed by atoms with E-state index in [1.54, 1.807) is 12.1 Å². The number of carbonyl (C=O) groups excluding carboxylic acids is 4. The van der Waals surface area contributed by atoms with Gasteiger partial charge >= 0.3 is 0 Å². The summed E-state index contributed by atoms with van der Waals surface area (Å²) in [5.41, 5.74) is 0.864. The van der Waals surface area contributed by atoms with Gasteiger partial charge in [0, 0.05) is 30.7 Å². The molecule has 0 aromatic heterocycles. The average molecular weight is 433 g/mol. The molecule has 0 unspecified atom stereocenters. The van der Waals surface area contributed by atoms with Gasteiger partial charge in [-0.1, -0.05) is 32.9 Å². The van der Waals surface area contributed by atoms with Crippen molar-refractivity contribution < 1.29 is 23.6 Å². The number of carbonyl (C=O) groups is 4. The molecule has 1 aromatic carbocycles. The van der Waals surface area contributed by atoms with E-state index in [1.165, 1.54) is 12.1 Å². The summed E-state index contributed by atoms with van der Waals surface area (Å²) in [7, 11) is 0. The number of nitrogens with one attached hydrogen (secondary N) is 2. The molecular formula is C24H33FN2O4. The highest BCUT2D eigenvalue weighted by atomic mass is 19.1. The third-order valence-electron chi connectivity index (χ3n) is 5.77. The topological polar surface area (TPSA) is 92.3 Å². The van der Waals surface area contributed by atoms with Crippen LogP contribution in [-0.4, -0.2) is 36.5 Å². The Morgan fingerprint density at radius 2 is 1.90 bits per heavy atom. The lowest BCUT2D eigenvalue weighted by atomic mass is 9.86. The van der Waals surface area contributed by atoms with Crippen molar-refractivity contribution in [1.29, 1.82) is 0 Å². The normalized spacial score (nSPS) is 18.9. The van der Waals surface area contributed by atoms with Crippen LogP contribution in [0.4, 0.5) is 4.39 Å². The minimum atomic E-state index is -0.747. The van der Waals surface area contributed by atoms with Crippen molar-refractivity contribution in [2.75, 3.05) is 6.54 Å². The average Bonchev–Trinajstić information content (AvgIpc) is 3.12. The van der Waals surface area contributed by atoms with E-state index in [-0.39, 0.29) is 54.0 Å². The molecule has 0 radical (unpaired) electrons. The molecule has 0 aliphatic carbocycles. The maximum atomic E-state index is 13.1. The molecule has 1 aromatic rings. The number of hydrogen-bond acceptors (Lipinski definition) is 4. The van der Waals surface area contributed by atoms with Crippen molar-refractivity contribution in [2.24, 2.45) is 23.7 Å². The minimum Gasteiger partial charge on any atom is -0.356 e. The largest absolute Gasteiger partial charge is 0.356 e. The Hall–Kier alpha value is -2.57. The molecule has 170 valence electrons. The van der Waals surface area contributed by atoms with E-state index in [9.17, 15) is 23.6 Å². The van der Waals surface area contributed by atoms with Crippen molar-refractivity contribution in [3.05, 3.63) is 35.6 Å². The Morgan fingerprint density at radius 1 is 1.23 bits per heavy atom. The number of amides is 2. The predicted octanol–water partition coefficient (Wildman–Crippen LogP) is 2.84. The van der Waals surface area contributed by atoms with Crippen molar-refractivity contribution in [1.82, 2.24) is 10.6 Å². The number of hydrogen-bond donors (Lipinski definition) is 2. The van der Waals surface area contributed by atoms with Crippen LogP contribution < -0.4 is 10.6 Å². The van der Waals surface area contributed by atoms with Gasteiger partial charge in [0.2, 0.25) is 11.8 Å². The Kier molecular flexibility index (Phi) is 9.34. The molecule has 1 fully saturated rings. The Bertz CT molecular complexity index is 778. The fraction of sp³-hybridized carbons (Fsp3) is 0.583. The Morgan fingerprint density at radius 3 is 2.45 bits per heavy atom. The lowest BCUT2D eigenvalue weighted by Gasteiger charge is -2.23. The van der Waals surface area contributed by atoms with Gasteiger partial charge in [0.25, 0.3) is 0 Å². The Balaban J connectivity index is 1.97. The van der Waals surface area contributed by atoms with Gasteiger partial charge in [0.05, 0.1) is 6.04 Å². The van der Waals surface area contributed by atoms with Crippen LogP contribution in [0, 0.1) is 29.5 Å². The monoisotopic (exact) mass is 432 g/mol. The zero-order valence-electron chi connectivity index (χ0n) is 18.5. The van der Waals surface area contributed by atoms with Crippen LogP contribution in [0.3, 0.4) is 0 Å². The third-order valence-corrected chi connectivity index (χ3v) is 5.77. The molecule has 4 atom stereocenters. The van der Waals surface area contributed by atoms with E-state index in [0.29, 0.717) is 32.1 Å². The van der Waals surface area contributed by atoms with Gasteiger partial charge in [-0.15, -0.1) is 0 Å². The van der Waals surface area contributed by atoms with Crippen LogP contribution in [0.25, 0.3) is 0 Å². The summed E-state index contributed by atoms with van der Waals surface area (Å²) >= 11 is 0. The van der Waals surface area contributed by atoms with Crippen LogP contribution >= 0.6 is 0 Å². The van der Waals surface area contributed by atoms with E-state index in [0.717, 1.165) is 5.56 Å². The molecular weight excluding hydrogens is 399 g/mol. The van der Waals surface area contributed by atoms with Crippen LogP contribution in [-0.2, 0) is 25.6 Å². The molecule has 1 aliphatic heterocycles. The standard InChI is InChI=1S/C24H33FN2O4/c1-15(2)10-19(13-22(29)16(3)11-17-4-6-20(25)7-5-17)24(31)27-21(14-28)12-18-8-9-26-23(18)30/h4-7,14-16,18-19,21H,8-13H2,1-3H3,(H,26,30)(H,27,31)/t16-,18-,19+,21-/m0/s1. The van der Waals surface area contributed by atoms with Gasteiger partial charge in [-0.2, -0.15) is 0 Å². The molecule has 2 N–H and O–H groups in total. The van der Waals surface area contributed by atoms with Gasteiger partial charge in [-0.25, -0.2) is 4.39 Å². The fourth-order valence-corrected chi connectivity index (χ4v) is 4.01. The quantitative estimate of drug-likeness (QED) is 0.497. The van der Waals surface area contributed by atoms with Crippen LogP contribution in [0.5, 0.6) is 0 Å². The summed E-state index contributed by atoms with van der Waals surface area (Å²) in [4.78, 5) is 49.0. The van der Waals surface area contributed by atoms with Crippen LogP contribution in [0.15, 0.2) is 24.3 Å². The summed E-state index contributed by atoms with van der Waals surface area (Å²) < 4.78 is 13.1. The first-order valence-corrected chi connectivity index (χ1v) is 11.0. The van der Waals surface area contributed by atoms with E-state index >= 15 is 0 Å². The molecule has 2 rings (SSSR count). The molecule has 0 spiro atoms. The number of rotatable bonds is 12. The van der Waals surface area contributed by atoms with E-state index in [2.05, 4.69) is 10.6 Å². The highest BCUT2D eigenvalue weighted by Gasteiger charge is 2.30. The van der Waals surface area contributed by atoms with Crippen LogP contribution in [0.2, 0.25) is 0 Å². The number of aldehydes is 1. The number of benzene rings is 1. The van der Waals surface area contributed by atoms with Gasteiger partial charge in [0.15, 0.2) is 0 Å². The first-order chi connectivity index (χ1) is 14.7. The highest BCUT2D eigenvalue weighted by molar-refractivity contribution is 5.89. The van der Waals surface area contributed by atoms with Crippen molar-refractivity contribution in [2.45, 2.75) is 58.9 Å². The van der Waals surface area contributed by atoms with Gasteiger partial charge in [-0.3, -0.25) is 14.4 Å². The second-order valence-electron chi connectivity index (χ2n) is 8.99. The lowest BCUT2D eigenvalue weighted by molar-refractivity contribution is -0.132. The molecule has 1 heterocycles. The van der Waals surface area contributed by atoms with Crippen molar-refractivity contribution >= 4 is 23.9 Å². The van der Waals surface area contributed by atoms with Gasteiger partial charge in [-0.05, 0) is 49.3 Å². The third kappa shape index (κ3) is 7.89. The second-order valence-corrected chi connectivity index (χ2v) is 8.99. The first-order valence-electron chi connectivity index (χ1n) is 11.0. The highest BCUT2D eigenvalue weighted by Crippen LogP contribution is 2.22. The predicted molar refractivity (Wildman–Crippen MR) is 116 cm³/mol. The van der Waals surface area contributed by atoms with Crippen molar-refractivity contribution in [3.8, 4) is 0 Å². The molecule has 0 saturated carbocycles. The number of ketones is 1. The van der Waals surface area contributed by atoms with Gasteiger partial charge < -0.3 is 15.4 Å². The molecule has 0 bridgehead atoms. The summed E-state index contributed by atoms with van der Waals surface area (Å²) in [6.45, 7) is 6.35. The second kappa shape index (κ2) is 11.7. The SMILES string of the molecule is CC(C)C[C@H](CC(=O)[C@@H](C)Cc1ccc(F)cc1)C(=O)N[C@H](C=O)C[C@@H]1CCNC1=O. The molecule has 1 saturated heterocycles. The summed E-state index contributed by atoms with van der Waals surface area (Å²) in [5.74, 6) is -1.71. The Labute approximate surface area is 183 Å². The summed E-state index contributed by atoms with van der Waals surface area (Å²) in [6.07, 6.45) is 2.66. The number of Topliss-reactive ketones (excluding diaryl/α,β-unsaturated/α-hetero) is 1. The van der Waals surface area contributed by atoms with E-state index in [4.69, 9.17) is 0 Å². The van der Waals surface area contributed by atoms with E-state index in [1.807, 2.05) is 20.8 Å². The zero-order valence-corrected chi connectivity index (χ0v) is 18.5. The molecule has 31 heavy (non-hydrogen) atoms. The maximum absolute atomic E-state index is 13.1. The minimum absolute atomic E-state index is 0.0389. The first kappa shape index (κ1) is 24.7. The molecule has 6 nitrogen and oxygen atoms in total. The maximum Gasteiger partial charge on any atom is 0.224 e. The van der Waals surface area contributed by atoms with E-state index < -0.39 is 12.0 Å². The summed E-state index contributed by atoms with van der Waals surface area (Å²) in [6, 6.07) is 5.30. The van der Waals surface area contributed by atoms with Gasteiger partial charge in [0.1, 0.15) is 17.9 Å². The van der Waals surface area contributed by atoms with Crippen molar-refractivity contribution in [3.63, 3.8) is 0 Å². The molecule has 7 heteroatoms. The zero-order chi connectivity index (χ0) is 23.0. The summed E-state index contributed by atoms with van der Waals surface area (Å²) in [5, 5.41) is 5.47. The number of halogens is 1. The molecule has 2 amide bonds. The lowest BCUT2D eigenvalue weighted by Crippen LogP contribution is -2.42. The molecule has 1 aliphatic rings. The van der Waals surface area contributed by atoms with Crippen LogP contribution in [0.1, 0.15) is 52.0 Å². The smallest absolute Gasteiger partial charge is 0.224 e.